The van der Waals surface area contributed by atoms with Gasteiger partial charge in [-0.2, -0.15) is 0 Å². The molecular formula is C19H29NO4S. The maximum Gasteiger partial charge on any atom is 0.324 e. The number of thiocarbonyl (C=S) groups is 1. The number of carbonyl (C=O) groups is 1. The van der Waals surface area contributed by atoms with Gasteiger partial charge in [0.1, 0.15) is 17.4 Å². The predicted octanol–water partition coefficient (Wildman–Crippen LogP) is 3.39. The maximum atomic E-state index is 12.2. The molecule has 25 heavy (non-hydrogen) atoms. The lowest BCUT2D eigenvalue weighted by atomic mass is 9.85. The van der Waals surface area contributed by atoms with Gasteiger partial charge in [-0.15, -0.1) is 0 Å². The fourth-order valence-corrected chi connectivity index (χ4v) is 2.23. The lowest BCUT2D eigenvalue weighted by Gasteiger charge is -2.32. The van der Waals surface area contributed by atoms with Crippen LogP contribution >= 0.6 is 12.2 Å². The second-order valence-corrected chi connectivity index (χ2v) is 8.15. The van der Waals surface area contributed by atoms with E-state index in [1.807, 2.05) is 59.7 Å². The zero-order chi connectivity index (χ0) is 19.4. The summed E-state index contributed by atoms with van der Waals surface area (Å²) in [5, 5.41) is 0.351. The maximum absolute atomic E-state index is 12.2. The fourth-order valence-electron chi connectivity index (χ4n) is 2.07. The number of hydrogen-bond acceptors (Lipinski definition) is 6. The van der Waals surface area contributed by atoms with Crippen LogP contribution in [-0.2, 0) is 14.3 Å². The van der Waals surface area contributed by atoms with Crippen molar-refractivity contribution in [3.8, 4) is 5.75 Å². The summed E-state index contributed by atoms with van der Waals surface area (Å²) in [5.74, 6) is 0.161. The molecule has 5 nitrogen and oxygen atoms in total. The van der Waals surface area contributed by atoms with Gasteiger partial charge >= 0.3 is 5.97 Å². The van der Waals surface area contributed by atoms with Crippen molar-refractivity contribution in [2.75, 3.05) is 13.7 Å². The van der Waals surface area contributed by atoms with Crippen LogP contribution in [0.1, 0.15) is 45.7 Å². The van der Waals surface area contributed by atoms with Gasteiger partial charge in [-0.25, -0.2) is 0 Å². The van der Waals surface area contributed by atoms with Crippen molar-refractivity contribution in [2.45, 2.75) is 53.2 Å². The molecule has 1 aromatic rings. The molecule has 1 aromatic carbocycles. The van der Waals surface area contributed by atoms with E-state index in [0.29, 0.717) is 16.4 Å². The van der Waals surface area contributed by atoms with Crippen LogP contribution < -0.4 is 10.5 Å². The van der Waals surface area contributed by atoms with Crippen LogP contribution in [0.3, 0.4) is 0 Å². The molecule has 0 saturated carbocycles. The fraction of sp³-hybridized carbons (Fsp3) is 0.579. The Kier molecular flexibility index (Phi) is 6.97. The molecule has 0 spiro atoms. The van der Waals surface area contributed by atoms with Gasteiger partial charge in [0, 0.05) is 5.41 Å². The van der Waals surface area contributed by atoms with Gasteiger partial charge in [0.2, 0.25) is 0 Å². The third-order valence-corrected chi connectivity index (χ3v) is 4.03. The lowest BCUT2D eigenvalue weighted by Crippen LogP contribution is -2.49. The number of esters is 1. The Bertz CT molecular complexity index is 635. The molecule has 1 atom stereocenters. The minimum absolute atomic E-state index is 0.232. The minimum atomic E-state index is -0.811. The van der Waals surface area contributed by atoms with Crippen LogP contribution in [0.25, 0.3) is 0 Å². The summed E-state index contributed by atoms with van der Waals surface area (Å²) < 4.78 is 16.5. The minimum Gasteiger partial charge on any atom is -0.492 e. The van der Waals surface area contributed by atoms with Crippen molar-refractivity contribution in [1.29, 1.82) is 0 Å². The average Bonchev–Trinajstić information content (AvgIpc) is 2.50. The van der Waals surface area contributed by atoms with E-state index in [9.17, 15) is 4.79 Å². The molecule has 0 aliphatic rings. The summed E-state index contributed by atoms with van der Waals surface area (Å²) in [7, 11) is 1.52. The van der Waals surface area contributed by atoms with E-state index in [2.05, 4.69) is 0 Å². The van der Waals surface area contributed by atoms with Gasteiger partial charge in [0.25, 0.3) is 0 Å². The average molecular weight is 368 g/mol. The standard InChI is InChI=1S/C19H29NO4S/c1-12-8-9-13(17(25)22-7)14(10-12)23-11-19(5,6)15(20)16(21)24-18(2,3)4/h8-10,15H,11,20H2,1-7H3. The molecule has 0 amide bonds. The molecule has 0 fully saturated rings. The van der Waals surface area contributed by atoms with Crippen LogP contribution in [-0.4, -0.2) is 36.4 Å². The van der Waals surface area contributed by atoms with Crippen molar-refractivity contribution in [1.82, 2.24) is 0 Å². The van der Waals surface area contributed by atoms with Crippen molar-refractivity contribution < 1.29 is 19.0 Å². The van der Waals surface area contributed by atoms with Crippen molar-refractivity contribution >= 4 is 23.2 Å². The molecule has 0 aliphatic heterocycles. The van der Waals surface area contributed by atoms with E-state index in [0.717, 1.165) is 5.56 Å². The van der Waals surface area contributed by atoms with E-state index in [-0.39, 0.29) is 6.61 Å². The molecule has 140 valence electrons. The summed E-state index contributed by atoms with van der Waals surface area (Å²) in [6.45, 7) is 11.4. The molecule has 2 N–H and O–H groups in total. The van der Waals surface area contributed by atoms with E-state index in [4.69, 9.17) is 32.2 Å². The smallest absolute Gasteiger partial charge is 0.324 e. The first-order valence-electron chi connectivity index (χ1n) is 8.17. The SMILES string of the molecule is COC(=S)c1ccc(C)cc1OCC(C)(C)C(N)C(=O)OC(C)(C)C. The molecule has 0 bridgehead atoms. The van der Waals surface area contributed by atoms with Crippen molar-refractivity contribution in [2.24, 2.45) is 11.1 Å². The van der Waals surface area contributed by atoms with E-state index in [1.165, 1.54) is 7.11 Å². The Labute approximate surface area is 155 Å². The molecule has 1 rings (SSSR count). The van der Waals surface area contributed by atoms with Gasteiger partial charge in [-0.1, -0.05) is 19.9 Å². The molecule has 0 aromatic heterocycles. The number of carbonyl (C=O) groups excluding carboxylic acids is 1. The zero-order valence-electron chi connectivity index (χ0n) is 16.1. The molecule has 0 heterocycles. The van der Waals surface area contributed by atoms with E-state index in [1.54, 1.807) is 0 Å². The lowest BCUT2D eigenvalue weighted by molar-refractivity contribution is -0.160. The van der Waals surface area contributed by atoms with Gasteiger partial charge in [-0.05, 0) is 57.6 Å². The summed E-state index contributed by atoms with van der Waals surface area (Å²) in [4.78, 5) is 12.2. The number of aryl methyl sites for hydroxylation is 1. The Balaban J connectivity index is 2.90. The van der Waals surface area contributed by atoms with Gasteiger partial charge in [0.05, 0.1) is 19.3 Å². The summed E-state index contributed by atoms with van der Waals surface area (Å²) in [5.41, 5.74) is 6.64. The Morgan fingerprint density at radius 2 is 1.84 bits per heavy atom. The van der Waals surface area contributed by atoms with Crippen LogP contribution in [0.2, 0.25) is 0 Å². The van der Waals surface area contributed by atoms with Gasteiger partial charge < -0.3 is 19.9 Å². The third-order valence-electron chi connectivity index (χ3n) is 3.64. The molecule has 1 unspecified atom stereocenters. The van der Waals surface area contributed by atoms with Crippen LogP contribution in [0.15, 0.2) is 18.2 Å². The van der Waals surface area contributed by atoms with Crippen LogP contribution in [0, 0.1) is 12.3 Å². The van der Waals surface area contributed by atoms with Crippen LogP contribution in [0.5, 0.6) is 5.75 Å². The molecular weight excluding hydrogens is 338 g/mol. The highest BCUT2D eigenvalue weighted by atomic mass is 32.1. The number of ether oxygens (including phenoxy) is 3. The highest BCUT2D eigenvalue weighted by Crippen LogP contribution is 2.27. The molecule has 0 aliphatic carbocycles. The summed E-state index contributed by atoms with van der Waals surface area (Å²) >= 11 is 5.21. The quantitative estimate of drug-likeness (QED) is 0.614. The van der Waals surface area contributed by atoms with Crippen LogP contribution in [0.4, 0.5) is 0 Å². The van der Waals surface area contributed by atoms with Gasteiger partial charge in [0.15, 0.2) is 5.05 Å². The molecule has 0 radical (unpaired) electrons. The first-order valence-corrected chi connectivity index (χ1v) is 8.58. The third kappa shape index (κ3) is 6.29. The van der Waals surface area contributed by atoms with E-state index < -0.39 is 23.0 Å². The number of methoxy groups -OCH3 is 1. The number of hydrogen-bond donors (Lipinski definition) is 1. The topological polar surface area (TPSA) is 70.8 Å². The van der Waals surface area contributed by atoms with Gasteiger partial charge in [-0.3, -0.25) is 4.79 Å². The second-order valence-electron chi connectivity index (χ2n) is 7.78. The second kappa shape index (κ2) is 8.15. The Morgan fingerprint density at radius 3 is 2.36 bits per heavy atom. The predicted molar refractivity (Wildman–Crippen MR) is 103 cm³/mol. The molecule has 0 saturated heterocycles. The highest BCUT2D eigenvalue weighted by molar-refractivity contribution is 7.80. The monoisotopic (exact) mass is 367 g/mol. The summed E-state index contributed by atoms with van der Waals surface area (Å²) in [6.07, 6.45) is 0. The number of rotatable bonds is 6. The number of benzene rings is 1. The zero-order valence-corrected chi connectivity index (χ0v) is 17.0. The largest absolute Gasteiger partial charge is 0.492 e. The van der Waals surface area contributed by atoms with Crippen molar-refractivity contribution in [3.05, 3.63) is 29.3 Å². The molecule has 6 heteroatoms. The number of nitrogens with two attached hydrogens (primary N) is 1. The first-order chi connectivity index (χ1) is 11.4. The highest BCUT2D eigenvalue weighted by Gasteiger charge is 2.36. The normalized spacial score (nSPS) is 13.1. The summed E-state index contributed by atoms with van der Waals surface area (Å²) in [6, 6.07) is 4.87. The Hall–Kier alpha value is -1.66. The Morgan fingerprint density at radius 1 is 1.24 bits per heavy atom. The first kappa shape index (κ1) is 21.4. The van der Waals surface area contributed by atoms with Crippen molar-refractivity contribution in [3.63, 3.8) is 0 Å². The van der Waals surface area contributed by atoms with E-state index >= 15 is 0 Å².